The molecule has 2 aromatic rings. The van der Waals surface area contributed by atoms with Gasteiger partial charge in [-0.15, -0.1) is 11.3 Å². The van der Waals surface area contributed by atoms with E-state index in [0.717, 1.165) is 27.7 Å². The predicted octanol–water partition coefficient (Wildman–Crippen LogP) is 4.36. The third kappa shape index (κ3) is 4.32. The van der Waals surface area contributed by atoms with Crippen molar-refractivity contribution in [2.24, 2.45) is 0 Å². The summed E-state index contributed by atoms with van der Waals surface area (Å²) in [4.78, 5) is 5.78. The number of benzene rings is 1. The zero-order valence-electron chi connectivity index (χ0n) is 12.2. The molecule has 0 spiro atoms. The molecule has 0 radical (unpaired) electrons. The first-order valence-electron chi connectivity index (χ1n) is 6.67. The fraction of sp³-hybridized carbons (Fsp3) is 0.400. The van der Waals surface area contributed by atoms with Crippen LogP contribution in [0.25, 0.3) is 10.6 Å². The van der Waals surface area contributed by atoms with Crippen LogP contribution in [0.3, 0.4) is 0 Å². The molecule has 2 rings (SSSR count). The number of methoxy groups -OCH3 is 1. The molecule has 1 heterocycles. The Balaban J connectivity index is 2.31. The van der Waals surface area contributed by atoms with Crippen LogP contribution in [0.4, 0.5) is 4.39 Å². The third-order valence-corrected chi connectivity index (χ3v) is 4.65. The number of aromatic nitrogens is 1. The number of ether oxygens (including phenoxy) is 1. The van der Waals surface area contributed by atoms with Crippen LogP contribution < -0.4 is 5.32 Å². The number of thiazole rings is 1. The highest BCUT2D eigenvalue weighted by Gasteiger charge is 2.13. The molecule has 1 N–H and O–H groups in total. The van der Waals surface area contributed by atoms with E-state index in [2.05, 4.69) is 40.1 Å². The van der Waals surface area contributed by atoms with E-state index in [1.165, 1.54) is 6.07 Å². The Kier molecular flexibility index (Phi) is 5.87. The lowest BCUT2D eigenvalue weighted by molar-refractivity contribution is 0.181. The highest BCUT2D eigenvalue weighted by Crippen LogP contribution is 2.31. The van der Waals surface area contributed by atoms with Crippen LogP contribution in [0.2, 0.25) is 0 Å². The summed E-state index contributed by atoms with van der Waals surface area (Å²) in [6.45, 7) is 5.45. The van der Waals surface area contributed by atoms with Crippen molar-refractivity contribution in [1.29, 1.82) is 0 Å². The molecule has 0 atom stereocenters. The molecule has 0 aliphatic carbocycles. The second kappa shape index (κ2) is 7.45. The number of rotatable bonds is 6. The molecule has 0 amide bonds. The van der Waals surface area contributed by atoms with Crippen molar-refractivity contribution in [1.82, 2.24) is 10.3 Å². The Bertz CT molecular complexity index is 616. The lowest BCUT2D eigenvalue weighted by Gasteiger charge is -2.07. The molecule has 0 saturated heterocycles. The summed E-state index contributed by atoms with van der Waals surface area (Å²) in [7, 11) is 1.66. The van der Waals surface area contributed by atoms with Gasteiger partial charge < -0.3 is 10.1 Å². The van der Waals surface area contributed by atoms with E-state index in [1.807, 2.05) is 0 Å². The average Bonchev–Trinajstić information content (AvgIpc) is 2.83. The van der Waals surface area contributed by atoms with Gasteiger partial charge in [0.1, 0.15) is 10.8 Å². The Hall–Kier alpha value is -0.820. The minimum Gasteiger partial charge on any atom is -0.378 e. The molecule has 21 heavy (non-hydrogen) atoms. The molecule has 0 saturated carbocycles. The molecular formula is C15H18BrFN2OS. The molecule has 114 valence electrons. The van der Waals surface area contributed by atoms with E-state index < -0.39 is 0 Å². The second-order valence-corrected chi connectivity index (χ2v) is 6.92. The summed E-state index contributed by atoms with van der Waals surface area (Å²) in [6, 6.07) is 5.36. The van der Waals surface area contributed by atoms with Gasteiger partial charge in [-0.2, -0.15) is 0 Å². The fourth-order valence-corrected chi connectivity index (χ4v) is 3.21. The number of nitrogens with one attached hydrogen (secondary N) is 1. The van der Waals surface area contributed by atoms with Crippen LogP contribution in [-0.2, 0) is 17.9 Å². The maximum absolute atomic E-state index is 13.3. The summed E-state index contributed by atoms with van der Waals surface area (Å²) in [5.41, 5.74) is 1.84. The molecular weight excluding hydrogens is 355 g/mol. The van der Waals surface area contributed by atoms with Crippen LogP contribution in [-0.4, -0.2) is 18.1 Å². The lowest BCUT2D eigenvalue weighted by atomic mass is 10.2. The summed E-state index contributed by atoms with van der Waals surface area (Å²) in [5, 5.41) is 4.27. The average molecular weight is 373 g/mol. The molecule has 0 aliphatic rings. The summed E-state index contributed by atoms with van der Waals surface area (Å²) in [6.07, 6.45) is 0. The fourth-order valence-electron chi connectivity index (χ4n) is 1.82. The first kappa shape index (κ1) is 16.5. The van der Waals surface area contributed by atoms with Gasteiger partial charge in [-0.25, -0.2) is 9.37 Å². The number of hydrogen-bond donors (Lipinski definition) is 1. The van der Waals surface area contributed by atoms with E-state index in [4.69, 9.17) is 4.74 Å². The zero-order chi connectivity index (χ0) is 15.4. The van der Waals surface area contributed by atoms with Crippen LogP contribution in [0.15, 0.2) is 22.7 Å². The Morgan fingerprint density at radius 3 is 2.81 bits per heavy atom. The molecule has 0 unspecified atom stereocenters. The van der Waals surface area contributed by atoms with E-state index in [1.54, 1.807) is 30.6 Å². The van der Waals surface area contributed by atoms with E-state index >= 15 is 0 Å². The van der Waals surface area contributed by atoms with Crippen LogP contribution in [0, 0.1) is 5.82 Å². The van der Waals surface area contributed by atoms with Crippen molar-refractivity contribution in [2.75, 3.05) is 7.11 Å². The maximum Gasteiger partial charge on any atom is 0.137 e. The van der Waals surface area contributed by atoms with Gasteiger partial charge in [-0.3, -0.25) is 0 Å². The van der Waals surface area contributed by atoms with Crippen molar-refractivity contribution >= 4 is 27.3 Å². The minimum atomic E-state index is -0.269. The predicted molar refractivity (Wildman–Crippen MR) is 87.9 cm³/mol. The van der Waals surface area contributed by atoms with Gasteiger partial charge in [0.25, 0.3) is 0 Å². The smallest absolute Gasteiger partial charge is 0.137 e. The highest BCUT2D eigenvalue weighted by molar-refractivity contribution is 9.10. The maximum atomic E-state index is 13.3. The highest BCUT2D eigenvalue weighted by atomic mass is 79.9. The molecule has 6 heteroatoms. The largest absolute Gasteiger partial charge is 0.378 e. The number of halogens is 2. The third-order valence-electron chi connectivity index (χ3n) is 2.90. The summed E-state index contributed by atoms with van der Waals surface area (Å²) >= 11 is 4.83. The Morgan fingerprint density at radius 2 is 2.19 bits per heavy atom. The van der Waals surface area contributed by atoms with E-state index in [9.17, 15) is 4.39 Å². The van der Waals surface area contributed by atoms with Gasteiger partial charge >= 0.3 is 0 Å². The molecule has 0 fully saturated rings. The molecule has 3 nitrogen and oxygen atoms in total. The van der Waals surface area contributed by atoms with Gasteiger partial charge in [-0.1, -0.05) is 13.8 Å². The van der Waals surface area contributed by atoms with Crippen molar-refractivity contribution in [2.45, 2.75) is 33.0 Å². The zero-order valence-corrected chi connectivity index (χ0v) is 14.6. The molecule has 0 aliphatic heterocycles. The van der Waals surface area contributed by atoms with E-state index in [0.29, 0.717) is 17.1 Å². The lowest BCUT2D eigenvalue weighted by Crippen LogP contribution is -2.21. The van der Waals surface area contributed by atoms with Gasteiger partial charge in [0, 0.05) is 30.1 Å². The molecule has 0 bridgehead atoms. The second-order valence-electron chi connectivity index (χ2n) is 4.99. The van der Waals surface area contributed by atoms with Crippen molar-refractivity contribution < 1.29 is 9.13 Å². The van der Waals surface area contributed by atoms with Gasteiger partial charge in [-0.05, 0) is 34.1 Å². The molecule has 1 aromatic carbocycles. The summed E-state index contributed by atoms with van der Waals surface area (Å²) in [5.74, 6) is -0.269. The first-order valence-corrected chi connectivity index (χ1v) is 8.28. The standard InChI is InChI=1S/C15H18BrFN2OS/c1-9(2)18-7-14-13(8-20-3)19-15(21-14)10-4-5-12(17)11(16)6-10/h4-6,9,18H,7-8H2,1-3H3. The first-order chi connectivity index (χ1) is 10.0. The monoisotopic (exact) mass is 372 g/mol. The Labute approximate surface area is 136 Å². The van der Waals surface area contributed by atoms with Crippen molar-refractivity contribution in [3.8, 4) is 10.6 Å². The van der Waals surface area contributed by atoms with Crippen LogP contribution >= 0.6 is 27.3 Å². The van der Waals surface area contributed by atoms with Crippen molar-refractivity contribution in [3.05, 3.63) is 39.1 Å². The van der Waals surface area contributed by atoms with Crippen LogP contribution in [0.1, 0.15) is 24.4 Å². The van der Waals surface area contributed by atoms with Gasteiger partial charge in [0.2, 0.25) is 0 Å². The number of nitrogens with zero attached hydrogens (tertiary/aromatic N) is 1. The summed E-state index contributed by atoms with van der Waals surface area (Å²) < 4.78 is 19.0. The quantitative estimate of drug-likeness (QED) is 0.817. The SMILES string of the molecule is COCc1nc(-c2ccc(F)c(Br)c2)sc1CNC(C)C. The van der Waals surface area contributed by atoms with Gasteiger partial charge in [0.15, 0.2) is 0 Å². The minimum absolute atomic E-state index is 0.269. The van der Waals surface area contributed by atoms with Crippen LogP contribution in [0.5, 0.6) is 0 Å². The number of hydrogen-bond acceptors (Lipinski definition) is 4. The normalized spacial score (nSPS) is 11.3. The Morgan fingerprint density at radius 1 is 1.43 bits per heavy atom. The van der Waals surface area contributed by atoms with Crippen molar-refractivity contribution in [3.63, 3.8) is 0 Å². The topological polar surface area (TPSA) is 34.1 Å². The van der Waals surface area contributed by atoms with E-state index in [-0.39, 0.29) is 5.82 Å². The van der Waals surface area contributed by atoms with Gasteiger partial charge in [0.05, 0.1) is 16.8 Å². The molecule has 1 aromatic heterocycles.